The quantitative estimate of drug-likeness (QED) is 0.814. The summed E-state index contributed by atoms with van der Waals surface area (Å²) in [4.78, 5) is 14.2. The number of nitrogens with one attached hydrogen (secondary N) is 1. The molecule has 0 aromatic rings. The topological polar surface area (TPSA) is 67.6 Å². The van der Waals surface area contributed by atoms with E-state index in [1.54, 1.807) is 0 Å². The monoisotopic (exact) mass is 269 g/mol. The molecule has 2 aliphatic heterocycles. The van der Waals surface area contributed by atoms with E-state index in [9.17, 15) is 4.79 Å². The molecule has 1 amide bonds. The van der Waals surface area contributed by atoms with Gasteiger partial charge in [-0.2, -0.15) is 0 Å². The van der Waals surface area contributed by atoms with Crippen LogP contribution in [0.5, 0.6) is 0 Å². The summed E-state index contributed by atoms with van der Waals surface area (Å²) in [5.41, 5.74) is 5.12. The summed E-state index contributed by atoms with van der Waals surface area (Å²) >= 11 is 0. The van der Waals surface area contributed by atoms with E-state index in [4.69, 9.17) is 10.5 Å². The highest BCUT2D eigenvalue weighted by atomic mass is 16.6. The lowest BCUT2D eigenvalue weighted by Crippen LogP contribution is -2.53. The van der Waals surface area contributed by atoms with Gasteiger partial charge in [0.15, 0.2) is 0 Å². The van der Waals surface area contributed by atoms with Crippen LogP contribution in [-0.4, -0.2) is 47.8 Å². The summed E-state index contributed by atoms with van der Waals surface area (Å²) in [5.74, 6) is 0. The van der Waals surface area contributed by atoms with Crippen LogP contribution in [0.25, 0.3) is 0 Å². The molecule has 2 rings (SSSR count). The molecule has 2 saturated heterocycles. The van der Waals surface area contributed by atoms with Gasteiger partial charge in [-0.25, -0.2) is 4.79 Å². The first-order chi connectivity index (χ1) is 8.90. The second-order valence-corrected chi connectivity index (χ2v) is 6.68. The second-order valence-electron chi connectivity index (χ2n) is 6.68. The number of rotatable bonds is 3. The zero-order valence-electron chi connectivity index (χ0n) is 12.3. The number of hydrogen-bond acceptors (Lipinski definition) is 4. The average Bonchev–Trinajstić information content (AvgIpc) is 2.56. The van der Waals surface area contributed by atoms with Gasteiger partial charge in [-0.15, -0.1) is 0 Å². The molecule has 0 aromatic carbocycles. The lowest BCUT2D eigenvalue weighted by molar-refractivity contribution is 0.00479. The Bertz CT molecular complexity index is 313. The summed E-state index contributed by atoms with van der Waals surface area (Å²) in [6.45, 7) is 7.28. The first-order valence-electron chi connectivity index (χ1n) is 7.35. The molecule has 3 N–H and O–H groups in total. The summed E-state index contributed by atoms with van der Waals surface area (Å²) in [6, 6.07) is 1.17. The highest BCUT2D eigenvalue weighted by molar-refractivity contribution is 5.69. The van der Waals surface area contributed by atoms with E-state index < -0.39 is 5.60 Å². The number of ether oxygens (including phenoxy) is 1. The third kappa shape index (κ3) is 3.60. The maximum Gasteiger partial charge on any atom is 0.410 e. The van der Waals surface area contributed by atoms with Crippen LogP contribution in [0.3, 0.4) is 0 Å². The van der Waals surface area contributed by atoms with E-state index >= 15 is 0 Å². The van der Waals surface area contributed by atoms with Crippen molar-refractivity contribution >= 4 is 6.09 Å². The van der Waals surface area contributed by atoms with Gasteiger partial charge in [0, 0.05) is 31.2 Å². The summed E-state index contributed by atoms with van der Waals surface area (Å²) < 4.78 is 5.52. The third-order valence-corrected chi connectivity index (χ3v) is 3.91. The molecule has 0 aliphatic carbocycles. The van der Waals surface area contributed by atoms with E-state index in [1.165, 1.54) is 0 Å². The normalized spacial score (nSPS) is 30.5. The molecule has 5 nitrogen and oxygen atoms in total. The minimum absolute atomic E-state index is 0.141. The number of piperidine rings is 1. The molecule has 0 spiro atoms. The molecule has 2 bridgehead atoms. The van der Waals surface area contributed by atoms with Crippen molar-refractivity contribution in [2.45, 2.75) is 70.2 Å². The Balaban J connectivity index is 1.93. The summed E-state index contributed by atoms with van der Waals surface area (Å²) in [6.07, 6.45) is 4.11. The van der Waals surface area contributed by atoms with Gasteiger partial charge in [-0.05, 0) is 46.5 Å². The maximum atomic E-state index is 12.3. The fourth-order valence-corrected chi connectivity index (χ4v) is 3.24. The van der Waals surface area contributed by atoms with Crippen LogP contribution in [0.4, 0.5) is 4.79 Å². The molecule has 0 aromatic heterocycles. The van der Waals surface area contributed by atoms with Crippen molar-refractivity contribution in [3.8, 4) is 0 Å². The first-order valence-corrected chi connectivity index (χ1v) is 7.35. The zero-order chi connectivity index (χ0) is 14.0. The van der Waals surface area contributed by atoms with E-state index in [1.807, 2.05) is 25.7 Å². The molecule has 110 valence electrons. The molecule has 0 saturated carbocycles. The average molecular weight is 269 g/mol. The van der Waals surface area contributed by atoms with Crippen molar-refractivity contribution in [1.29, 1.82) is 0 Å². The Morgan fingerprint density at radius 2 is 1.89 bits per heavy atom. The fourth-order valence-electron chi connectivity index (χ4n) is 3.24. The maximum absolute atomic E-state index is 12.3. The smallest absolute Gasteiger partial charge is 0.410 e. The van der Waals surface area contributed by atoms with E-state index in [0.717, 1.165) is 32.2 Å². The minimum Gasteiger partial charge on any atom is -0.444 e. The van der Waals surface area contributed by atoms with Crippen molar-refractivity contribution in [1.82, 2.24) is 10.2 Å². The Morgan fingerprint density at radius 3 is 2.37 bits per heavy atom. The predicted octanol–water partition coefficient (Wildman–Crippen LogP) is 1.47. The Hall–Kier alpha value is -0.810. The first kappa shape index (κ1) is 14.6. The number of fused-ring (bicyclic) bond motifs is 2. The van der Waals surface area contributed by atoms with E-state index in [-0.39, 0.29) is 6.09 Å². The minimum atomic E-state index is -0.412. The van der Waals surface area contributed by atoms with Crippen molar-refractivity contribution in [2.24, 2.45) is 5.73 Å². The second kappa shape index (κ2) is 5.67. The zero-order valence-corrected chi connectivity index (χ0v) is 12.3. The highest BCUT2D eigenvalue weighted by Gasteiger charge is 2.44. The van der Waals surface area contributed by atoms with Crippen molar-refractivity contribution in [3.63, 3.8) is 0 Å². The van der Waals surface area contributed by atoms with Gasteiger partial charge in [0.05, 0.1) is 0 Å². The lowest BCUT2D eigenvalue weighted by Gasteiger charge is -2.39. The molecular weight excluding hydrogens is 242 g/mol. The van der Waals surface area contributed by atoms with Gasteiger partial charge in [-0.1, -0.05) is 0 Å². The lowest BCUT2D eigenvalue weighted by atomic mass is 9.98. The van der Waals surface area contributed by atoms with Gasteiger partial charge in [0.25, 0.3) is 0 Å². The molecular formula is C14H27N3O2. The number of amides is 1. The van der Waals surface area contributed by atoms with Crippen LogP contribution in [0, 0.1) is 0 Å². The number of hydrogen-bond donors (Lipinski definition) is 2. The van der Waals surface area contributed by atoms with Crippen LogP contribution in [0.1, 0.15) is 46.5 Å². The number of nitrogens with two attached hydrogens (primary N) is 1. The third-order valence-electron chi connectivity index (χ3n) is 3.91. The van der Waals surface area contributed by atoms with Crippen molar-refractivity contribution in [3.05, 3.63) is 0 Å². The number of carbonyl (C=O) groups is 1. The summed E-state index contributed by atoms with van der Waals surface area (Å²) in [7, 11) is 0. The number of carbonyl (C=O) groups excluding carboxylic acids is 1. The van der Waals surface area contributed by atoms with Gasteiger partial charge in [0.1, 0.15) is 5.60 Å². The molecule has 5 heteroatoms. The predicted molar refractivity (Wildman–Crippen MR) is 75.0 cm³/mol. The fraction of sp³-hybridized carbons (Fsp3) is 0.929. The molecule has 19 heavy (non-hydrogen) atoms. The molecule has 2 aliphatic rings. The Labute approximate surface area is 115 Å². The SMILES string of the molecule is CC(C)(C)OC(=O)N1C2CCC1CC(NCCN)C2. The van der Waals surface area contributed by atoms with Crippen LogP contribution < -0.4 is 11.1 Å². The van der Waals surface area contributed by atoms with Crippen molar-refractivity contribution in [2.75, 3.05) is 13.1 Å². The largest absolute Gasteiger partial charge is 0.444 e. The molecule has 0 radical (unpaired) electrons. The van der Waals surface area contributed by atoms with Gasteiger partial charge in [-0.3, -0.25) is 0 Å². The van der Waals surface area contributed by atoms with E-state index in [2.05, 4.69) is 5.32 Å². The van der Waals surface area contributed by atoms with Gasteiger partial charge in [0.2, 0.25) is 0 Å². The Morgan fingerprint density at radius 1 is 1.32 bits per heavy atom. The van der Waals surface area contributed by atoms with Crippen LogP contribution in [-0.2, 0) is 4.74 Å². The highest BCUT2D eigenvalue weighted by Crippen LogP contribution is 2.36. The van der Waals surface area contributed by atoms with Crippen molar-refractivity contribution < 1.29 is 9.53 Å². The molecule has 2 unspecified atom stereocenters. The van der Waals surface area contributed by atoms with Gasteiger partial charge < -0.3 is 20.7 Å². The van der Waals surface area contributed by atoms with Crippen LogP contribution >= 0.6 is 0 Å². The van der Waals surface area contributed by atoms with Crippen LogP contribution in [0.15, 0.2) is 0 Å². The Kier molecular flexibility index (Phi) is 4.36. The molecule has 2 atom stereocenters. The molecule has 2 heterocycles. The standard InChI is InChI=1S/C14H27N3O2/c1-14(2,3)19-13(18)17-11-4-5-12(17)9-10(8-11)16-7-6-15/h10-12,16H,4-9,15H2,1-3H3. The van der Waals surface area contributed by atoms with E-state index in [0.29, 0.717) is 24.7 Å². The number of nitrogens with zero attached hydrogens (tertiary/aromatic N) is 1. The van der Waals surface area contributed by atoms with Gasteiger partial charge >= 0.3 is 6.09 Å². The molecule has 2 fully saturated rings. The van der Waals surface area contributed by atoms with Crippen LogP contribution in [0.2, 0.25) is 0 Å². The summed E-state index contributed by atoms with van der Waals surface area (Å²) in [5, 5.41) is 3.48.